The van der Waals surface area contributed by atoms with Gasteiger partial charge in [-0.1, -0.05) is 92.7 Å². The van der Waals surface area contributed by atoms with Gasteiger partial charge in [0.05, 0.1) is 0 Å². The maximum Gasteiger partial charge on any atom is 0.0463 e. The smallest absolute Gasteiger partial charge is 0.0463 e. The third-order valence-electron chi connectivity index (χ3n) is 9.57. The second kappa shape index (κ2) is 8.37. The Labute approximate surface area is 215 Å². The fraction of sp³-hybridized carbons (Fsp3) is 0.314. The molecule has 0 radical (unpaired) electrons. The van der Waals surface area contributed by atoms with Crippen LogP contribution >= 0.6 is 0 Å². The number of fused-ring (bicyclic) bond motifs is 8. The van der Waals surface area contributed by atoms with Gasteiger partial charge >= 0.3 is 0 Å². The lowest BCUT2D eigenvalue weighted by Crippen LogP contribution is -2.49. The van der Waals surface area contributed by atoms with Crippen LogP contribution in [-0.2, 0) is 5.41 Å². The van der Waals surface area contributed by atoms with Gasteiger partial charge in [-0.3, -0.25) is 0 Å². The molecule has 7 rings (SSSR count). The third-order valence-corrected chi connectivity index (χ3v) is 9.57. The van der Waals surface area contributed by atoms with Crippen LogP contribution in [0.3, 0.4) is 0 Å². The lowest BCUT2D eigenvalue weighted by molar-refractivity contribution is 0.0426. The molecule has 4 aromatic rings. The van der Waals surface area contributed by atoms with Gasteiger partial charge in [0.2, 0.25) is 0 Å². The Morgan fingerprint density at radius 2 is 1.36 bits per heavy atom. The Morgan fingerprint density at radius 3 is 2.22 bits per heavy atom. The SMILES string of the molecule is C[C@@H]1C[C@@H]2C[C@H](C1)C1(c3ccccc3-c3ccc(Nc4ccccc4-c4ccccc4)cc31)[C@@H](C)C2. The van der Waals surface area contributed by atoms with Crippen molar-refractivity contribution >= 4 is 11.4 Å². The van der Waals surface area contributed by atoms with Crippen molar-refractivity contribution in [2.75, 3.05) is 5.32 Å². The summed E-state index contributed by atoms with van der Waals surface area (Å²) in [6.45, 7) is 5.04. The van der Waals surface area contributed by atoms with E-state index in [2.05, 4.69) is 116 Å². The zero-order valence-corrected chi connectivity index (χ0v) is 21.4. The monoisotopic (exact) mass is 469 g/mol. The molecule has 3 aliphatic carbocycles. The van der Waals surface area contributed by atoms with E-state index in [1.54, 1.807) is 11.1 Å². The summed E-state index contributed by atoms with van der Waals surface area (Å²) < 4.78 is 0. The molecule has 2 saturated carbocycles. The van der Waals surface area contributed by atoms with Crippen molar-refractivity contribution in [2.24, 2.45) is 23.7 Å². The first-order valence-corrected chi connectivity index (χ1v) is 13.8. The van der Waals surface area contributed by atoms with Crippen molar-refractivity contribution in [2.45, 2.75) is 44.9 Å². The van der Waals surface area contributed by atoms with Gasteiger partial charge < -0.3 is 5.32 Å². The van der Waals surface area contributed by atoms with E-state index < -0.39 is 0 Å². The average Bonchev–Trinajstić information content (AvgIpc) is 3.19. The van der Waals surface area contributed by atoms with Crippen molar-refractivity contribution in [1.29, 1.82) is 0 Å². The van der Waals surface area contributed by atoms with Gasteiger partial charge in [-0.25, -0.2) is 0 Å². The highest BCUT2D eigenvalue weighted by Crippen LogP contribution is 2.64. The minimum atomic E-state index is 0.133. The topological polar surface area (TPSA) is 12.0 Å². The number of rotatable bonds is 3. The summed E-state index contributed by atoms with van der Waals surface area (Å²) >= 11 is 0. The molecule has 180 valence electrons. The minimum absolute atomic E-state index is 0.133. The second-order valence-corrected chi connectivity index (χ2v) is 11.7. The molecule has 1 N–H and O–H groups in total. The quantitative estimate of drug-likeness (QED) is 0.315. The van der Waals surface area contributed by atoms with Crippen LogP contribution in [-0.4, -0.2) is 0 Å². The predicted octanol–water partition coefficient (Wildman–Crippen LogP) is 9.46. The van der Waals surface area contributed by atoms with Crippen LogP contribution in [0.4, 0.5) is 11.4 Å². The van der Waals surface area contributed by atoms with Gasteiger partial charge in [-0.05, 0) is 95.4 Å². The number of para-hydroxylation sites is 1. The Kier molecular flexibility index (Phi) is 5.10. The summed E-state index contributed by atoms with van der Waals surface area (Å²) in [5, 5.41) is 3.83. The zero-order valence-electron chi connectivity index (χ0n) is 21.4. The van der Waals surface area contributed by atoms with Crippen LogP contribution in [0.25, 0.3) is 22.3 Å². The number of nitrogens with one attached hydrogen (secondary N) is 1. The maximum atomic E-state index is 3.83. The van der Waals surface area contributed by atoms with Crippen molar-refractivity contribution in [3.8, 4) is 22.3 Å². The fourth-order valence-electron chi connectivity index (χ4n) is 8.41. The third kappa shape index (κ3) is 3.22. The molecule has 1 spiro atoms. The molecule has 4 aromatic carbocycles. The van der Waals surface area contributed by atoms with Gasteiger partial charge in [0, 0.05) is 22.4 Å². The number of hydrogen-bond donors (Lipinski definition) is 1. The average molecular weight is 470 g/mol. The molecule has 0 aliphatic heterocycles. The molecule has 2 bridgehead atoms. The van der Waals surface area contributed by atoms with Crippen molar-refractivity contribution in [3.63, 3.8) is 0 Å². The fourth-order valence-corrected chi connectivity index (χ4v) is 8.41. The van der Waals surface area contributed by atoms with Gasteiger partial charge in [0.15, 0.2) is 0 Å². The van der Waals surface area contributed by atoms with Crippen LogP contribution < -0.4 is 5.32 Å². The number of hydrogen-bond acceptors (Lipinski definition) is 1. The highest BCUT2D eigenvalue weighted by Gasteiger charge is 2.56. The number of benzene rings is 4. The second-order valence-electron chi connectivity index (χ2n) is 11.7. The molecule has 0 heterocycles. The Morgan fingerprint density at radius 1 is 0.639 bits per heavy atom. The zero-order chi connectivity index (χ0) is 24.3. The molecule has 0 aromatic heterocycles. The normalized spacial score (nSPS) is 27.9. The summed E-state index contributed by atoms with van der Waals surface area (Å²) in [5.74, 6) is 3.11. The van der Waals surface area contributed by atoms with E-state index in [-0.39, 0.29) is 5.41 Å². The molecular formula is C35H35N. The molecule has 2 fully saturated rings. The standard InChI is InChI=1S/C35H35N/c1-23-18-25-20-24(2)35(27(19-23)21-25)32-14-8-6-13-30(32)31-17-16-28(22-33(31)35)36-34-15-9-7-12-29(34)26-10-4-3-5-11-26/h3-17,22-25,27,36H,18-21H2,1-2H3/t23-,24+,25+,27+,35?/m1/s1. The van der Waals surface area contributed by atoms with Gasteiger partial charge in [0.1, 0.15) is 0 Å². The predicted molar refractivity (Wildman–Crippen MR) is 152 cm³/mol. The summed E-state index contributed by atoms with van der Waals surface area (Å²) in [7, 11) is 0. The van der Waals surface area contributed by atoms with Gasteiger partial charge in [-0.2, -0.15) is 0 Å². The maximum absolute atomic E-state index is 3.83. The number of anilines is 2. The van der Waals surface area contributed by atoms with Crippen LogP contribution in [0, 0.1) is 23.7 Å². The van der Waals surface area contributed by atoms with E-state index in [1.165, 1.54) is 53.6 Å². The van der Waals surface area contributed by atoms with E-state index in [0.717, 1.165) is 23.4 Å². The molecule has 1 unspecified atom stereocenters. The van der Waals surface area contributed by atoms with Gasteiger partial charge in [-0.15, -0.1) is 0 Å². The van der Waals surface area contributed by atoms with E-state index in [1.807, 2.05) is 0 Å². The van der Waals surface area contributed by atoms with Crippen LogP contribution in [0.5, 0.6) is 0 Å². The summed E-state index contributed by atoms with van der Waals surface area (Å²) in [6.07, 6.45) is 5.51. The summed E-state index contributed by atoms with van der Waals surface area (Å²) in [5.41, 5.74) is 11.1. The summed E-state index contributed by atoms with van der Waals surface area (Å²) in [4.78, 5) is 0. The Bertz CT molecular complexity index is 1420. The van der Waals surface area contributed by atoms with Crippen LogP contribution in [0.2, 0.25) is 0 Å². The molecule has 1 nitrogen and oxygen atoms in total. The first-order valence-electron chi connectivity index (χ1n) is 13.8. The highest BCUT2D eigenvalue weighted by molar-refractivity contribution is 5.86. The van der Waals surface area contributed by atoms with E-state index in [0.29, 0.717) is 5.92 Å². The summed E-state index contributed by atoms with van der Waals surface area (Å²) in [6, 6.07) is 35.9. The molecule has 3 aliphatic rings. The molecule has 0 saturated heterocycles. The first-order chi connectivity index (χ1) is 17.6. The Hall–Kier alpha value is -3.32. The first kappa shape index (κ1) is 21.9. The molecule has 0 amide bonds. The molecule has 5 atom stereocenters. The molecule has 36 heavy (non-hydrogen) atoms. The lowest BCUT2D eigenvalue weighted by Gasteiger charge is -2.54. The van der Waals surface area contributed by atoms with Crippen LogP contribution in [0.15, 0.2) is 97.1 Å². The van der Waals surface area contributed by atoms with Crippen molar-refractivity contribution in [1.82, 2.24) is 0 Å². The van der Waals surface area contributed by atoms with Crippen molar-refractivity contribution < 1.29 is 0 Å². The van der Waals surface area contributed by atoms with E-state index in [4.69, 9.17) is 0 Å². The molecular weight excluding hydrogens is 434 g/mol. The largest absolute Gasteiger partial charge is 0.355 e. The van der Waals surface area contributed by atoms with Crippen LogP contribution in [0.1, 0.15) is 50.7 Å². The highest BCUT2D eigenvalue weighted by atomic mass is 14.9. The molecule has 1 heteroatoms. The minimum Gasteiger partial charge on any atom is -0.355 e. The Balaban J connectivity index is 1.36. The van der Waals surface area contributed by atoms with E-state index in [9.17, 15) is 0 Å². The van der Waals surface area contributed by atoms with Crippen molar-refractivity contribution in [3.05, 3.63) is 108 Å². The van der Waals surface area contributed by atoms with E-state index >= 15 is 0 Å². The van der Waals surface area contributed by atoms with Gasteiger partial charge in [0.25, 0.3) is 0 Å². The lowest BCUT2D eigenvalue weighted by atomic mass is 9.49.